The van der Waals surface area contributed by atoms with Crippen molar-refractivity contribution in [3.8, 4) is 5.75 Å². The van der Waals surface area contributed by atoms with Crippen molar-refractivity contribution in [1.82, 2.24) is 0 Å². The molecule has 1 aromatic rings. The Morgan fingerprint density at radius 3 is 2.47 bits per heavy atom. The molecule has 0 aromatic heterocycles. The highest BCUT2D eigenvalue weighted by Crippen LogP contribution is 2.25. The van der Waals surface area contributed by atoms with Gasteiger partial charge in [0.05, 0.1) is 10.9 Å². The maximum atomic E-state index is 11.5. The quantitative estimate of drug-likeness (QED) is 0.777. The third kappa shape index (κ3) is 2.86. The van der Waals surface area contributed by atoms with Crippen molar-refractivity contribution in [2.45, 2.75) is 26.0 Å². The van der Waals surface area contributed by atoms with Crippen LogP contribution in [0.2, 0.25) is 0 Å². The predicted octanol–water partition coefficient (Wildman–Crippen LogP) is 1.85. The number of anilines is 1. The number of nitrogens with one attached hydrogen (secondary N) is 1. The summed E-state index contributed by atoms with van der Waals surface area (Å²) in [5.41, 5.74) is 1.11. The monoisotopic (exact) mass is 229 g/mol. The lowest BCUT2D eigenvalue weighted by Crippen LogP contribution is -2.22. The number of aryl methyl sites for hydroxylation is 1. The number of hydrogen-bond donors (Lipinski definition) is 2. The summed E-state index contributed by atoms with van der Waals surface area (Å²) in [6.45, 7) is 4.98. The van der Waals surface area contributed by atoms with Crippen LogP contribution < -0.4 is 4.72 Å². The van der Waals surface area contributed by atoms with E-state index in [9.17, 15) is 13.5 Å². The number of benzene rings is 1. The molecule has 4 nitrogen and oxygen atoms in total. The zero-order valence-electron chi connectivity index (χ0n) is 8.98. The van der Waals surface area contributed by atoms with E-state index in [2.05, 4.69) is 4.72 Å². The lowest BCUT2D eigenvalue weighted by atomic mass is 10.2. The van der Waals surface area contributed by atoms with Gasteiger partial charge in [-0.25, -0.2) is 8.42 Å². The van der Waals surface area contributed by atoms with E-state index in [-0.39, 0.29) is 11.4 Å². The topological polar surface area (TPSA) is 66.4 Å². The van der Waals surface area contributed by atoms with Crippen molar-refractivity contribution in [2.75, 3.05) is 4.72 Å². The van der Waals surface area contributed by atoms with E-state index in [1.54, 1.807) is 26.0 Å². The van der Waals surface area contributed by atoms with Crippen molar-refractivity contribution in [1.29, 1.82) is 0 Å². The second-order valence-corrected chi connectivity index (χ2v) is 5.95. The van der Waals surface area contributed by atoms with Gasteiger partial charge in [-0.3, -0.25) is 4.72 Å². The fraction of sp³-hybridized carbons (Fsp3) is 0.400. The maximum Gasteiger partial charge on any atom is 0.235 e. The molecule has 2 N–H and O–H groups in total. The summed E-state index contributed by atoms with van der Waals surface area (Å²) in [5, 5.41) is 8.92. The molecule has 0 amide bonds. The lowest BCUT2D eigenvalue weighted by molar-refractivity contribution is 0.477. The van der Waals surface area contributed by atoms with Crippen LogP contribution in [0, 0.1) is 6.92 Å². The van der Waals surface area contributed by atoms with E-state index in [0.717, 1.165) is 5.56 Å². The van der Waals surface area contributed by atoms with Gasteiger partial charge in [-0.1, -0.05) is 6.07 Å². The molecule has 0 atom stereocenters. The summed E-state index contributed by atoms with van der Waals surface area (Å²) in [5.74, 6) is -0.0650. The smallest absolute Gasteiger partial charge is 0.235 e. The molecule has 0 spiro atoms. The molecule has 0 fully saturated rings. The molecule has 1 rings (SSSR count). The summed E-state index contributed by atoms with van der Waals surface area (Å²) < 4.78 is 25.4. The fourth-order valence-electron chi connectivity index (χ4n) is 1.00. The Bertz CT molecular complexity index is 452. The van der Waals surface area contributed by atoms with Gasteiger partial charge in [0.25, 0.3) is 0 Å². The molecule has 5 heteroatoms. The Labute approximate surface area is 90.0 Å². The standard InChI is InChI=1S/C10H15NO3S/c1-7(2)15(13,14)11-9-6-8(3)4-5-10(9)12/h4-7,11-12H,1-3H3. The van der Waals surface area contributed by atoms with Crippen LogP contribution in [0.1, 0.15) is 19.4 Å². The second-order valence-electron chi connectivity index (χ2n) is 3.72. The van der Waals surface area contributed by atoms with Gasteiger partial charge in [-0.2, -0.15) is 0 Å². The molecule has 0 unspecified atom stereocenters. The summed E-state index contributed by atoms with van der Waals surface area (Å²) >= 11 is 0. The van der Waals surface area contributed by atoms with E-state index in [0.29, 0.717) is 0 Å². The lowest BCUT2D eigenvalue weighted by Gasteiger charge is -2.12. The van der Waals surface area contributed by atoms with Crippen LogP contribution >= 0.6 is 0 Å². The van der Waals surface area contributed by atoms with E-state index in [1.165, 1.54) is 6.07 Å². The first-order valence-electron chi connectivity index (χ1n) is 4.64. The third-order valence-electron chi connectivity index (χ3n) is 2.02. The Balaban J connectivity index is 3.05. The van der Waals surface area contributed by atoms with Gasteiger partial charge in [0.15, 0.2) is 0 Å². The highest BCUT2D eigenvalue weighted by molar-refractivity contribution is 7.93. The maximum absolute atomic E-state index is 11.5. The minimum Gasteiger partial charge on any atom is -0.506 e. The van der Waals surface area contributed by atoms with Crippen LogP contribution in [0.4, 0.5) is 5.69 Å². The SMILES string of the molecule is Cc1ccc(O)c(NS(=O)(=O)C(C)C)c1. The molecule has 0 bridgehead atoms. The van der Waals surface area contributed by atoms with Crippen LogP contribution in [0.15, 0.2) is 18.2 Å². The van der Waals surface area contributed by atoms with Gasteiger partial charge >= 0.3 is 0 Å². The van der Waals surface area contributed by atoms with E-state index in [1.807, 2.05) is 6.92 Å². The van der Waals surface area contributed by atoms with Crippen LogP contribution in [-0.4, -0.2) is 18.8 Å². The van der Waals surface area contributed by atoms with Crippen LogP contribution in [-0.2, 0) is 10.0 Å². The van der Waals surface area contributed by atoms with Crippen molar-refractivity contribution in [3.05, 3.63) is 23.8 Å². The molecular formula is C10H15NO3S. The molecule has 0 aliphatic rings. The minimum absolute atomic E-state index is 0.0650. The molecule has 0 aliphatic carbocycles. The van der Waals surface area contributed by atoms with E-state index >= 15 is 0 Å². The molecule has 84 valence electrons. The normalized spacial score (nSPS) is 11.7. The van der Waals surface area contributed by atoms with Crippen LogP contribution in [0.3, 0.4) is 0 Å². The van der Waals surface area contributed by atoms with Gasteiger partial charge in [-0.05, 0) is 38.5 Å². The second kappa shape index (κ2) is 4.10. The van der Waals surface area contributed by atoms with Crippen LogP contribution in [0.5, 0.6) is 5.75 Å². The summed E-state index contributed by atoms with van der Waals surface area (Å²) in [6, 6.07) is 4.77. The first-order chi connectivity index (χ1) is 6.83. The first-order valence-corrected chi connectivity index (χ1v) is 6.19. The van der Waals surface area contributed by atoms with Crippen molar-refractivity contribution in [2.24, 2.45) is 0 Å². The summed E-state index contributed by atoms with van der Waals surface area (Å²) in [4.78, 5) is 0. The first kappa shape index (κ1) is 11.8. The highest BCUT2D eigenvalue weighted by Gasteiger charge is 2.17. The molecule has 1 aromatic carbocycles. The zero-order valence-corrected chi connectivity index (χ0v) is 9.80. The Kier molecular flexibility index (Phi) is 3.24. The molecule has 0 aliphatic heterocycles. The van der Waals surface area contributed by atoms with Gasteiger partial charge < -0.3 is 5.11 Å². The highest BCUT2D eigenvalue weighted by atomic mass is 32.2. The van der Waals surface area contributed by atoms with E-state index in [4.69, 9.17) is 0 Å². The Morgan fingerprint density at radius 2 is 1.93 bits per heavy atom. The molecular weight excluding hydrogens is 214 g/mol. The Morgan fingerprint density at radius 1 is 1.33 bits per heavy atom. The van der Waals surface area contributed by atoms with Crippen molar-refractivity contribution >= 4 is 15.7 Å². The minimum atomic E-state index is -3.40. The number of phenols is 1. The molecule has 15 heavy (non-hydrogen) atoms. The molecule has 0 saturated heterocycles. The number of phenolic OH excluding ortho intramolecular Hbond substituents is 1. The van der Waals surface area contributed by atoms with Gasteiger partial charge in [0.1, 0.15) is 5.75 Å². The summed E-state index contributed by atoms with van der Waals surface area (Å²) in [7, 11) is -3.40. The zero-order chi connectivity index (χ0) is 11.6. The number of aromatic hydroxyl groups is 1. The molecule has 0 heterocycles. The largest absolute Gasteiger partial charge is 0.506 e. The fourth-order valence-corrected chi connectivity index (χ4v) is 1.71. The number of sulfonamides is 1. The Hall–Kier alpha value is -1.23. The van der Waals surface area contributed by atoms with Gasteiger partial charge in [-0.15, -0.1) is 0 Å². The third-order valence-corrected chi connectivity index (χ3v) is 3.77. The average Bonchev–Trinajstić information content (AvgIpc) is 2.10. The van der Waals surface area contributed by atoms with Gasteiger partial charge in [0, 0.05) is 0 Å². The predicted molar refractivity (Wildman–Crippen MR) is 60.5 cm³/mol. The number of hydrogen-bond acceptors (Lipinski definition) is 3. The van der Waals surface area contributed by atoms with Crippen LogP contribution in [0.25, 0.3) is 0 Å². The number of rotatable bonds is 3. The van der Waals surface area contributed by atoms with E-state index < -0.39 is 15.3 Å². The van der Waals surface area contributed by atoms with Crippen molar-refractivity contribution < 1.29 is 13.5 Å². The molecule has 0 radical (unpaired) electrons. The molecule has 0 saturated carbocycles. The van der Waals surface area contributed by atoms with Crippen molar-refractivity contribution in [3.63, 3.8) is 0 Å². The average molecular weight is 229 g/mol. The van der Waals surface area contributed by atoms with Gasteiger partial charge in [0.2, 0.25) is 10.0 Å². The summed E-state index contributed by atoms with van der Waals surface area (Å²) in [6.07, 6.45) is 0.